The minimum Gasteiger partial charge on any atom is -0.381 e. The number of piperazine rings is 1. The summed E-state index contributed by atoms with van der Waals surface area (Å²) in [6.45, 7) is 8.76. The second-order valence-corrected chi connectivity index (χ2v) is 8.05. The maximum Gasteiger partial charge on any atom is 0.193 e. The first-order valence-corrected chi connectivity index (χ1v) is 10.9. The third kappa shape index (κ3) is 7.85. The van der Waals surface area contributed by atoms with Crippen molar-refractivity contribution >= 4 is 35.6 Å². The second kappa shape index (κ2) is 13.3. The van der Waals surface area contributed by atoms with E-state index in [0.29, 0.717) is 0 Å². The van der Waals surface area contributed by atoms with Crippen LogP contribution in [0.2, 0.25) is 0 Å². The molecule has 0 atom stereocenters. The van der Waals surface area contributed by atoms with E-state index in [4.69, 9.17) is 4.74 Å². The second-order valence-electron chi connectivity index (χ2n) is 8.05. The third-order valence-corrected chi connectivity index (χ3v) is 6.06. The summed E-state index contributed by atoms with van der Waals surface area (Å²) in [7, 11) is 3.98. The average molecular weight is 533 g/mol. The SMILES string of the molecule is CN=C(NCCN1CCN(c2ccc(F)cc2)CC1)N(C)CCC1CCOCC1.I. The van der Waals surface area contributed by atoms with E-state index in [9.17, 15) is 4.39 Å². The number of aliphatic imine (C=N–C) groups is 1. The van der Waals surface area contributed by atoms with Gasteiger partial charge in [0.1, 0.15) is 5.82 Å². The molecule has 6 nitrogen and oxygen atoms in total. The van der Waals surface area contributed by atoms with Gasteiger partial charge in [0.15, 0.2) is 5.96 Å². The van der Waals surface area contributed by atoms with Crippen molar-refractivity contribution in [3.05, 3.63) is 30.1 Å². The molecule has 1 N–H and O–H groups in total. The van der Waals surface area contributed by atoms with Gasteiger partial charge in [-0.25, -0.2) is 4.39 Å². The Morgan fingerprint density at radius 2 is 1.83 bits per heavy atom. The van der Waals surface area contributed by atoms with Crippen molar-refractivity contribution in [3.63, 3.8) is 0 Å². The summed E-state index contributed by atoms with van der Waals surface area (Å²) in [5.41, 5.74) is 1.11. The Balaban J connectivity index is 0.00000320. The molecule has 0 unspecified atom stereocenters. The van der Waals surface area contributed by atoms with Gasteiger partial charge in [-0.3, -0.25) is 9.89 Å². The van der Waals surface area contributed by atoms with Crippen molar-refractivity contribution in [1.82, 2.24) is 15.1 Å². The van der Waals surface area contributed by atoms with E-state index < -0.39 is 0 Å². The topological polar surface area (TPSA) is 43.3 Å². The van der Waals surface area contributed by atoms with E-state index in [1.54, 1.807) is 0 Å². The number of benzene rings is 1. The normalized spacial score (nSPS) is 18.8. The molecule has 2 fully saturated rings. The highest BCUT2D eigenvalue weighted by Gasteiger charge is 2.18. The number of anilines is 1. The fourth-order valence-electron chi connectivity index (χ4n) is 4.11. The number of hydrogen-bond acceptors (Lipinski definition) is 4. The molecule has 2 heterocycles. The molecule has 0 saturated carbocycles. The molecule has 0 bridgehead atoms. The van der Waals surface area contributed by atoms with Crippen LogP contribution in [0.5, 0.6) is 0 Å². The fraction of sp³-hybridized carbons (Fsp3) is 0.682. The standard InChI is InChI=1S/C22H36FN5O.HI/c1-24-22(26(2)11-7-19-8-17-29-18-9-19)25-10-12-27-13-15-28(16-14-27)21-5-3-20(23)4-6-21;/h3-6,19H,7-18H2,1-2H3,(H,24,25);1H. The Labute approximate surface area is 197 Å². The van der Waals surface area contributed by atoms with Gasteiger partial charge < -0.3 is 19.9 Å². The van der Waals surface area contributed by atoms with Gasteiger partial charge in [-0.15, -0.1) is 24.0 Å². The van der Waals surface area contributed by atoms with Gasteiger partial charge in [-0.05, 0) is 49.4 Å². The number of ether oxygens (including phenoxy) is 1. The molecule has 2 aliphatic rings. The monoisotopic (exact) mass is 533 g/mol. The summed E-state index contributed by atoms with van der Waals surface area (Å²) in [5, 5.41) is 3.51. The van der Waals surface area contributed by atoms with Crippen LogP contribution < -0.4 is 10.2 Å². The van der Waals surface area contributed by atoms with Crippen LogP contribution in [0.25, 0.3) is 0 Å². The fourth-order valence-corrected chi connectivity index (χ4v) is 4.11. The van der Waals surface area contributed by atoms with Crippen molar-refractivity contribution in [1.29, 1.82) is 0 Å². The zero-order valence-electron chi connectivity index (χ0n) is 18.4. The van der Waals surface area contributed by atoms with Crippen LogP contribution in [0.15, 0.2) is 29.3 Å². The molecule has 0 aliphatic carbocycles. The molecule has 30 heavy (non-hydrogen) atoms. The van der Waals surface area contributed by atoms with Crippen LogP contribution in [0.1, 0.15) is 19.3 Å². The van der Waals surface area contributed by atoms with Crippen molar-refractivity contribution in [3.8, 4) is 0 Å². The molecule has 2 saturated heterocycles. The summed E-state index contributed by atoms with van der Waals surface area (Å²) in [6, 6.07) is 6.81. The highest BCUT2D eigenvalue weighted by molar-refractivity contribution is 14.0. The van der Waals surface area contributed by atoms with Crippen LogP contribution in [0.4, 0.5) is 10.1 Å². The highest BCUT2D eigenvalue weighted by Crippen LogP contribution is 2.19. The number of rotatable bonds is 7. The molecule has 0 amide bonds. The van der Waals surface area contributed by atoms with E-state index in [-0.39, 0.29) is 29.8 Å². The number of guanidine groups is 1. The molecule has 170 valence electrons. The van der Waals surface area contributed by atoms with Crippen molar-refractivity contribution in [2.75, 3.05) is 78.0 Å². The Bertz CT molecular complexity index is 631. The van der Waals surface area contributed by atoms with E-state index in [1.807, 2.05) is 19.2 Å². The predicted octanol–water partition coefficient (Wildman–Crippen LogP) is 2.89. The summed E-state index contributed by atoms with van der Waals surface area (Å²) in [5.74, 6) is 1.58. The molecule has 0 aromatic heterocycles. The Morgan fingerprint density at radius 3 is 2.47 bits per heavy atom. The lowest BCUT2D eigenvalue weighted by atomic mass is 9.96. The number of nitrogens with one attached hydrogen (secondary N) is 1. The van der Waals surface area contributed by atoms with Gasteiger partial charge in [-0.1, -0.05) is 0 Å². The quantitative estimate of drug-likeness (QED) is 0.332. The number of halogens is 2. The van der Waals surface area contributed by atoms with Crippen LogP contribution in [-0.2, 0) is 4.74 Å². The van der Waals surface area contributed by atoms with Crippen LogP contribution in [0, 0.1) is 11.7 Å². The molecular formula is C22H37FIN5O. The number of nitrogens with zero attached hydrogens (tertiary/aromatic N) is 4. The maximum absolute atomic E-state index is 13.1. The summed E-state index contributed by atoms with van der Waals surface area (Å²) in [6.07, 6.45) is 3.57. The van der Waals surface area contributed by atoms with Crippen molar-refractivity contribution in [2.24, 2.45) is 10.9 Å². The maximum atomic E-state index is 13.1. The number of hydrogen-bond donors (Lipinski definition) is 1. The lowest BCUT2D eigenvalue weighted by Gasteiger charge is -2.36. The minimum atomic E-state index is -0.176. The van der Waals surface area contributed by atoms with Gasteiger partial charge in [0.25, 0.3) is 0 Å². The predicted molar refractivity (Wildman–Crippen MR) is 133 cm³/mol. The van der Waals surface area contributed by atoms with Gasteiger partial charge >= 0.3 is 0 Å². The Morgan fingerprint density at radius 1 is 1.17 bits per heavy atom. The molecule has 1 aromatic rings. The average Bonchev–Trinajstić information content (AvgIpc) is 2.77. The summed E-state index contributed by atoms with van der Waals surface area (Å²) in [4.78, 5) is 11.5. The highest BCUT2D eigenvalue weighted by atomic mass is 127. The molecule has 1 aromatic carbocycles. The van der Waals surface area contributed by atoms with Crippen molar-refractivity contribution in [2.45, 2.75) is 19.3 Å². The van der Waals surface area contributed by atoms with Crippen LogP contribution in [0.3, 0.4) is 0 Å². The van der Waals surface area contributed by atoms with Gasteiger partial charge in [0, 0.05) is 78.8 Å². The molecule has 0 radical (unpaired) electrons. The zero-order valence-corrected chi connectivity index (χ0v) is 20.7. The Kier molecular flexibility index (Phi) is 11.2. The van der Waals surface area contributed by atoms with Gasteiger partial charge in [0.05, 0.1) is 0 Å². The third-order valence-electron chi connectivity index (χ3n) is 6.06. The van der Waals surface area contributed by atoms with E-state index in [0.717, 1.165) is 76.6 Å². The van der Waals surface area contributed by atoms with Gasteiger partial charge in [-0.2, -0.15) is 0 Å². The first-order valence-electron chi connectivity index (χ1n) is 10.9. The van der Waals surface area contributed by atoms with E-state index in [2.05, 4.69) is 32.1 Å². The van der Waals surface area contributed by atoms with Crippen molar-refractivity contribution < 1.29 is 9.13 Å². The first kappa shape index (κ1) is 25.1. The molecular weight excluding hydrogens is 496 g/mol. The Hall–Kier alpha value is -1.13. The zero-order chi connectivity index (χ0) is 20.5. The minimum absolute atomic E-state index is 0. The largest absolute Gasteiger partial charge is 0.381 e. The van der Waals surface area contributed by atoms with E-state index in [1.165, 1.54) is 31.4 Å². The van der Waals surface area contributed by atoms with Crippen LogP contribution >= 0.6 is 24.0 Å². The summed E-state index contributed by atoms with van der Waals surface area (Å²) >= 11 is 0. The summed E-state index contributed by atoms with van der Waals surface area (Å²) < 4.78 is 18.5. The van der Waals surface area contributed by atoms with Crippen LogP contribution in [-0.4, -0.2) is 88.9 Å². The smallest absolute Gasteiger partial charge is 0.193 e. The molecule has 2 aliphatic heterocycles. The van der Waals surface area contributed by atoms with E-state index >= 15 is 0 Å². The lowest BCUT2D eigenvalue weighted by molar-refractivity contribution is 0.0625. The van der Waals surface area contributed by atoms with Gasteiger partial charge in [0.2, 0.25) is 0 Å². The molecule has 8 heteroatoms. The first-order chi connectivity index (χ1) is 14.2. The molecule has 0 spiro atoms. The lowest BCUT2D eigenvalue weighted by Crippen LogP contribution is -2.49. The molecule has 3 rings (SSSR count).